The Morgan fingerprint density at radius 1 is 1.07 bits per heavy atom. The number of nitrogens with zero attached hydrogens (tertiary/aromatic N) is 2. The van der Waals surface area contributed by atoms with Gasteiger partial charge in [0.05, 0.1) is 0 Å². The summed E-state index contributed by atoms with van der Waals surface area (Å²) in [6.45, 7) is 5.12. The Hall–Kier alpha value is -0.810. The van der Waals surface area contributed by atoms with E-state index in [0.717, 1.165) is 0 Å². The number of rotatable bonds is 4. The van der Waals surface area contributed by atoms with Crippen LogP contribution in [0.3, 0.4) is 0 Å². The van der Waals surface area contributed by atoms with Crippen molar-refractivity contribution < 1.29 is 14.3 Å². The molecule has 2 atom stereocenters. The predicted molar refractivity (Wildman–Crippen MR) is 51.8 cm³/mol. The van der Waals surface area contributed by atoms with E-state index in [1.165, 1.54) is 0 Å². The Bertz CT molecular complexity index is 190. The number of carbonyl (C=O) groups is 1. The third-order valence-electron chi connectivity index (χ3n) is 2.51. The summed E-state index contributed by atoms with van der Waals surface area (Å²) in [6.07, 6.45) is -0.588. The molecule has 5 heteroatoms. The molecule has 2 amide bonds. The van der Waals surface area contributed by atoms with Gasteiger partial charge in [-0.05, 0) is 13.8 Å². The third kappa shape index (κ3) is 1.57. The molecule has 0 saturated carbocycles. The van der Waals surface area contributed by atoms with Crippen LogP contribution in [0.15, 0.2) is 0 Å². The van der Waals surface area contributed by atoms with E-state index >= 15 is 0 Å². The molecular weight excluding hydrogens is 184 g/mol. The van der Waals surface area contributed by atoms with Crippen molar-refractivity contribution in [3.05, 3.63) is 0 Å². The van der Waals surface area contributed by atoms with Crippen LogP contribution in [0.5, 0.6) is 0 Å². The van der Waals surface area contributed by atoms with Gasteiger partial charge in [-0.3, -0.25) is 9.80 Å². The average Bonchev–Trinajstić information content (AvgIpc) is 2.48. The lowest BCUT2D eigenvalue weighted by atomic mass is 10.4. The largest absolute Gasteiger partial charge is 0.357 e. The van der Waals surface area contributed by atoms with Crippen molar-refractivity contribution in [2.75, 3.05) is 27.3 Å². The molecule has 0 aromatic heterocycles. The fraction of sp³-hybridized carbons (Fsp3) is 0.889. The highest BCUT2D eigenvalue weighted by atomic mass is 16.6. The maximum absolute atomic E-state index is 11.8. The Morgan fingerprint density at radius 3 is 1.64 bits per heavy atom. The Labute approximate surface area is 84.6 Å². The minimum Gasteiger partial charge on any atom is -0.357 e. The van der Waals surface area contributed by atoms with Gasteiger partial charge in [-0.1, -0.05) is 0 Å². The molecule has 1 aliphatic heterocycles. The quantitative estimate of drug-likeness (QED) is 0.674. The van der Waals surface area contributed by atoms with Gasteiger partial charge in [-0.15, -0.1) is 0 Å². The maximum atomic E-state index is 11.8. The van der Waals surface area contributed by atoms with Crippen LogP contribution in [0.25, 0.3) is 0 Å². The van der Waals surface area contributed by atoms with E-state index in [9.17, 15) is 4.79 Å². The number of amides is 2. The van der Waals surface area contributed by atoms with Crippen LogP contribution in [-0.4, -0.2) is 55.6 Å². The summed E-state index contributed by atoms with van der Waals surface area (Å²) < 4.78 is 10.5. The number of likely N-dealkylation sites (N-methyl/N-ethyl adjacent to an activating group) is 2. The zero-order valence-electron chi connectivity index (χ0n) is 9.19. The van der Waals surface area contributed by atoms with E-state index in [1.54, 1.807) is 24.0 Å². The van der Waals surface area contributed by atoms with E-state index in [-0.39, 0.29) is 18.5 Å². The van der Waals surface area contributed by atoms with Gasteiger partial charge in [0, 0.05) is 27.3 Å². The van der Waals surface area contributed by atoms with Gasteiger partial charge < -0.3 is 9.47 Å². The smallest absolute Gasteiger partial charge is 0.324 e. The Morgan fingerprint density at radius 2 is 1.43 bits per heavy atom. The molecule has 0 spiro atoms. The Balaban J connectivity index is 2.87. The van der Waals surface area contributed by atoms with Crippen molar-refractivity contribution in [1.29, 1.82) is 0 Å². The minimum absolute atomic E-state index is 0.0197. The van der Waals surface area contributed by atoms with Crippen molar-refractivity contribution in [3.8, 4) is 0 Å². The lowest BCUT2D eigenvalue weighted by molar-refractivity contribution is -0.105. The molecule has 0 N–H and O–H groups in total. The second-order valence-corrected chi connectivity index (χ2v) is 3.11. The number of hydrogen-bond acceptors (Lipinski definition) is 3. The summed E-state index contributed by atoms with van der Waals surface area (Å²) in [7, 11) is 3.18. The number of hydrogen-bond donors (Lipinski definition) is 0. The monoisotopic (exact) mass is 202 g/mol. The number of ether oxygens (including phenoxy) is 2. The molecule has 1 aliphatic rings. The van der Waals surface area contributed by atoms with E-state index in [4.69, 9.17) is 9.47 Å². The molecular formula is C9H18N2O3. The topological polar surface area (TPSA) is 42.0 Å². The van der Waals surface area contributed by atoms with Crippen LogP contribution in [0.1, 0.15) is 13.8 Å². The second kappa shape index (κ2) is 4.61. The summed E-state index contributed by atoms with van der Waals surface area (Å²) in [5, 5.41) is 0. The SMILES string of the molecule is CCN1C(=O)N(CC)C(OC)C1OC. The summed E-state index contributed by atoms with van der Waals surface area (Å²) in [5.41, 5.74) is 0. The lowest BCUT2D eigenvalue weighted by Crippen LogP contribution is -2.40. The highest BCUT2D eigenvalue weighted by Crippen LogP contribution is 2.23. The lowest BCUT2D eigenvalue weighted by Gasteiger charge is -2.24. The summed E-state index contributed by atoms with van der Waals surface area (Å²) in [6, 6.07) is -0.0197. The van der Waals surface area contributed by atoms with Crippen LogP contribution in [0.4, 0.5) is 4.79 Å². The van der Waals surface area contributed by atoms with Crippen molar-refractivity contribution in [2.24, 2.45) is 0 Å². The third-order valence-corrected chi connectivity index (χ3v) is 2.51. The highest BCUT2D eigenvalue weighted by molar-refractivity contribution is 5.77. The van der Waals surface area contributed by atoms with Gasteiger partial charge in [0.2, 0.25) is 0 Å². The minimum atomic E-state index is -0.294. The first-order chi connectivity index (χ1) is 6.71. The van der Waals surface area contributed by atoms with Crippen LogP contribution in [-0.2, 0) is 9.47 Å². The fourth-order valence-corrected chi connectivity index (χ4v) is 1.81. The first-order valence-corrected chi connectivity index (χ1v) is 4.84. The molecule has 0 bridgehead atoms. The summed E-state index contributed by atoms with van der Waals surface area (Å²) >= 11 is 0. The molecule has 2 unspecified atom stereocenters. The van der Waals surface area contributed by atoms with Gasteiger partial charge in [0.15, 0.2) is 12.5 Å². The molecule has 5 nitrogen and oxygen atoms in total. The van der Waals surface area contributed by atoms with Gasteiger partial charge in [0.25, 0.3) is 0 Å². The molecule has 1 saturated heterocycles. The molecule has 1 rings (SSSR count). The van der Waals surface area contributed by atoms with Crippen LogP contribution >= 0.6 is 0 Å². The van der Waals surface area contributed by atoms with Gasteiger partial charge in [-0.25, -0.2) is 4.79 Å². The molecule has 14 heavy (non-hydrogen) atoms. The molecule has 1 heterocycles. The summed E-state index contributed by atoms with van der Waals surface area (Å²) in [4.78, 5) is 15.1. The predicted octanol–water partition coefficient (Wildman–Crippen LogP) is 0.709. The van der Waals surface area contributed by atoms with Crippen molar-refractivity contribution in [3.63, 3.8) is 0 Å². The van der Waals surface area contributed by atoms with Crippen molar-refractivity contribution >= 4 is 6.03 Å². The molecule has 0 aromatic carbocycles. The molecule has 0 aromatic rings. The number of urea groups is 1. The molecule has 1 fully saturated rings. The number of methoxy groups -OCH3 is 2. The van der Waals surface area contributed by atoms with E-state index in [1.807, 2.05) is 13.8 Å². The first kappa shape index (κ1) is 11.3. The molecule has 0 aliphatic carbocycles. The number of carbonyl (C=O) groups excluding carboxylic acids is 1. The molecule has 82 valence electrons. The second-order valence-electron chi connectivity index (χ2n) is 3.11. The highest BCUT2D eigenvalue weighted by Gasteiger charge is 2.44. The standard InChI is InChI=1S/C9H18N2O3/c1-5-10-7(13-3)8(14-4)11(6-2)9(10)12/h7-8H,5-6H2,1-4H3. The zero-order chi connectivity index (χ0) is 10.7. The van der Waals surface area contributed by atoms with Gasteiger partial charge in [0.1, 0.15) is 0 Å². The van der Waals surface area contributed by atoms with E-state index in [0.29, 0.717) is 13.1 Å². The van der Waals surface area contributed by atoms with Crippen LogP contribution in [0, 0.1) is 0 Å². The zero-order valence-corrected chi connectivity index (χ0v) is 9.19. The van der Waals surface area contributed by atoms with Crippen molar-refractivity contribution in [1.82, 2.24) is 9.80 Å². The van der Waals surface area contributed by atoms with E-state index < -0.39 is 0 Å². The Kier molecular flexibility index (Phi) is 3.71. The van der Waals surface area contributed by atoms with Crippen molar-refractivity contribution in [2.45, 2.75) is 26.3 Å². The normalized spacial score (nSPS) is 27.6. The van der Waals surface area contributed by atoms with Gasteiger partial charge in [-0.2, -0.15) is 0 Å². The molecule has 0 radical (unpaired) electrons. The fourth-order valence-electron chi connectivity index (χ4n) is 1.81. The van der Waals surface area contributed by atoms with Crippen LogP contribution in [0.2, 0.25) is 0 Å². The summed E-state index contributed by atoms with van der Waals surface area (Å²) in [5.74, 6) is 0. The first-order valence-electron chi connectivity index (χ1n) is 4.84. The van der Waals surface area contributed by atoms with Gasteiger partial charge >= 0.3 is 6.03 Å². The average molecular weight is 202 g/mol. The van der Waals surface area contributed by atoms with E-state index in [2.05, 4.69) is 0 Å². The maximum Gasteiger partial charge on any atom is 0.324 e. The van der Waals surface area contributed by atoms with Crippen LogP contribution < -0.4 is 0 Å².